The van der Waals surface area contributed by atoms with Crippen molar-refractivity contribution in [1.29, 1.82) is 0 Å². The topological polar surface area (TPSA) is 74.6 Å². The molecule has 2 N–H and O–H groups in total. The summed E-state index contributed by atoms with van der Waals surface area (Å²) >= 11 is 6.03. The zero-order valence-electron chi connectivity index (χ0n) is 10.9. The third kappa shape index (κ3) is 3.61. The molecule has 0 bridgehead atoms. The summed E-state index contributed by atoms with van der Waals surface area (Å²) in [6.07, 6.45) is 0.166. The van der Waals surface area contributed by atoms with Gasteiger partial charge in [0, 0.05) is 5.02 Å². The van der Waals surface area contributed by atoms with Crippen LogP contribution in [0.15, 0.2) is 48.5 Å². The highest BCUT2D eigenvalue weighted by atomic mass is 35.5. The number of benzene rings is 2. The van der Waals surface area contributed by atoms with Gasteiger partial charge in [-0.1, -0.05) is 41.9 Å². The lowest BCUT2D eigenvalue weighted by atomic mass is 9.91. The summed E-state index contributed by atoms with van der Waals surface area (Å²) in [7, 11) is 0. The van der Waals surface area contributed by atoms with Crippen molar-refractivity contribution in [2.24, 2.45) is 0 Å². The molecule has 0 spiro atoms. The summed E-state index contributed by atoms with van der Waals surface area (Å²) < 4.78 is 0. The van der Waals surface area contributed by atoms with E-state index in [1.165, 1.54) is 18.2 Å². The first-order valence-corrected chi connectivity index (χ1v) is 6.53. The van der Waals surface area contributed by atoms with Crippen LogP contribution in [0.4, 0.5) is 0 Å². The maximum Gasteiger partial charge on any atom is 0.335 e. The molecule has 0 aliphatic rings. The Morgan fingerprint density at radius 1 is 1.00 bits per heavy atom. The molecule has 107 valence electrons. The Kier molecular flexibility index (Phi) is 4.60. The average molecular weight is 304 g/mol. The largest absolute Gasteiger partial charge is 0.481 e. The van der Waals surface area contributed by atoms with Gasteiger partial charge in [-0.2, -0.15) is 0 Å². The third-order valence-corrected chi connectivity index (χ3v) is 3.35. The molecule has 0 heterocycles. The zero-order chi connectivity index (χ0) is 15.4. The Balaban J connectivity index is 2.41. The van der Waals surface area contributed by atoms with Gasteiger partial charge in [0.1, 0.15) is 5.92 Å². The summed E-state index contributed by atoms with van der Waals surface area (Å²) in [5.41, 5.74) is 1.04. The number of hydrogen-bond acceptors (Lipinski definition) is 2. The highest BCUT2D eigenvalue weighted by Gasteiger charge is 2.25. The van der Waals surface area contributed by atoms with Crippen molar-refractivity contribution < 1.29 is 19.8 Å². The Labute approximate surface area is 126 Å². The van der Waals surface area contributed by atoms with Crippen molar-refractivity contribution in [2.75, 3.05) is 0 Å². The molecule has 0 aromatic heterocycles. The summed E-state index contributed by atoms with van der Waals surface area (Å²) in [5, 5.41) is 18.6. The van der Waals surface area contributed by atoms with Crippen LogP contribution in [0.25, 0.3) is 0 Å². The summed E-state index contributed by atoms with van der Waals surface area (Å²) in [4.78, 5) is 22.5. The Bertz CT molecular complexity index is 667. The molecule has 0 unspecified atom stereocenters. The normalized spacial score (nSPS) is 10.6. The SMILES string of the molecule is O=C(O)[C](Cc1ccccc1)c1cc(C(=O)O)ccc1Cl. The van der Waals surface area contributed by atoms with Crippen molar-refractivity contribution in [1.82, 2.24) is 0 Å². The molecule has 0 amide bonds. The van der Waals surface area contributed by atoms with E-state index in [1.807, 2.05) is 18.2 Å². The quantitative estimate of drug-likeness (QED) is 0.889. The van der Waals surface area contributed by atoms with E-state index in [0.717, 1.165) is 5.56 Å². The van der Waals surface area contributed by atoms with Crippen molar-refractivity contribution in [3.8, 4) is 0 Å². The van der Waals surface area contributed by atoms with Crippen LogP contribution in [0.3, 0.4) is 0 Å². The lowest BCUT2D eigenvalue weighted by Gasteiger charge is -2.14. The van der Waals surface area contributed by atoms with Crippen molar-refractivity contribution in [3.63, 3.8) is 0 Å². The van der Waals surface area contributed by atoms with Crippen LogP contribution in [0.1, 0.15) is 21.5 Å². The fraction of sp³-hybridized carbons (Fsp3) is 0.0625. The number of carbonyl (C=O) groups is 2. The van der Waals surface area contributed by atoms with E-state index >= 15 is 0 Å². The smallest absolute Gasteiger partial charge is 0.335 e. The molecule has 4 nitrogen and oxygen atoms in total. The second-order valence-electron chi connectivity index (χ2n) is 4.45. The summed E-state index contributed by atoms with van der Waals surface area (Å²) in [6.45, 7) is 0. The number of aromatic carboxylic acids is 1. The highest BCUT2D eigenvalue weighted by molar-refractivity contribution is 6.32. The second kappa shape index (κ2) is 6.41. The van der Waals surface area contributed by atoms with Crippen LogP contribution in [0.5, 0.6) is 0 Å². The number of hydrogen-bond donors (Lipinski definition) is 2. The van der Waals surface area contributed by atoms with Gasteiger partial charge < -0.3 is 10.2 Å². The third-order valence-electron chi connectivity index (χ3n) is 3.02. The van der Waals surface area contributed by atoms with E-state index in [0.29, 0.717) is 0 Å². The molecule has 21 heavy (non-hydrogen) atoms. The number of aliphatic carboxylic acids is 1. The van der Waals surface area contributed by atoms with Gasteiger partial charge in [-0.25, -0.2) is 4.79 Å². The highest BCUT2D eigenvalue weighted by Crippen LogP contribution is 2.28. The van der Waals surface area contributed by atoms with E-state index in [1.54, 1.807) is 12.1 Å². The van der Waals surface area contributed by atoms with Crippen LogP contribution in [0, 0.1) is 5.92 Å². The molecule has 0 fully saturated rings. The molecule has 0 saturated carbocycles. The first-order chi connectivity index (χ1) is 9.99. The van der Waals surface area contributed by atoms with Gasteiger partial charge in [0.2, 0.25) is 0 Å². The molecular weight excluding hydrogens is 292 g/mol. The maximum absolute atomic E-state index is 11.5. The monoisotopic (exact) mass is 303 g/mol. The first kappa shape index (κ1) is 15.1. The summed E-state index contributed by atoms with van der Waals surface area (Å²) in [6, 6.07) is 13.1. The summed E-state index contributed by atoms with van der Waals surface area (Å²) in [5.74, 6) is -2.19. The van der Waals surface area contributed by atoms with Gasteiger partial charge in [0.15, 0.2) is 0 Å². The zero-order valence-corrected chi connectivity index (χ0v) is 11.7. The van der Waals surface area contributed by atoms with Crippen LogP contribution in [0.2, 0.25) is 5.02 Å². The van der Waals surface area contributed by atoms with Crippen LogP contribution in [-0.2, 0) is 11.2 Å². The Hall–Kier alpha value is -2.33. The molecule has 2 rings (SSSR count). The van der Waals surface area contributed by atoms with Crippen LogP contribution < -0.4 is 0 Å². The van der Waals surface area contributed by atoms with Gasteiger partial charge >= 0.3 is 11.9 Å². The van der Waals surface area contributed by atoms with Gasteiger partial charge in [-0.15, -0.1) is 0 Å². The molecule has 0 aliphatic carbocycles. The van der Waals surface area contributed by atoms with Crippen molar-refractivity contribution >= 4 is 23.5 Å². The standard InChI is InChI=1S/C16H12ClO4/c17-14-7-6-11(15(18)19)9-12(14)13(16(20)21)8-10-4-2-1-3-5-10/h1-7,9H,8H2,(H,18,19)(H,20,21). The molecule has 1 radical (unpaired) electrons. The lowest BCUT2D eigenvalue weighted by Crippen LogP contribution is -2.16. The van der Waals surface area contributed by atoms with E-state index in [9.17, 15) is 14.7 Å². The molecule has 0 saturated heterocycles. The minimum atomic E-state index is -1.13. The van der Waals surface area contributed by atoms with E-state index in [-0.39, 0.29) is 28.5 Å². The van der Waals surface area contributed by atoms with Gasteiger partial charge in [-0.3, -0.25) is 4.79 Å². The minimum Gasteiger partial charge on any atom is -0.481 e. The van der Waals surface area contributed by atoms with Crippen molar-refractivity contribution in [2.45, 2.75) is 6.42 Å². The average Bonchev–Trinajstić information content (AvgIpc) is 2.46. The number of halogens is 1. The lowest BCUT2D eigenvalue weighted by molar-refractivity contribution is -0.134. The van der Waals surface area contributed by atoms with Crippen molar-refractivity contribution in [3.05, 3.63) is 76.2 Å². The fourth-order valence-corrected chi connectivity index (χ4v) is 2.21. The van der Waals surface area contributed by atoms with Gasteiger partial charge in [-0.05, 0) is 35.7 Å². The predicted molar refractivity (Wildman–Crippen MR) is 78.5 cm³/mol. The van der Waals surface area contributed by atoms with Crippen LogP contribution >= 0.6 is 11.6 Å². The van der Waals surface area contributed by atoms with Crippen LogP contribution in [-0.4, -0.2) is 22.2 Å². The molecule has 5 heteroatoms. The molecule has 0 aliphatic heterocycles. The Morgan fingerprint density at radius 2 is 1.67 bits per heavy atom. The van der Waals surface area contributed by atoms with E-state index in [4.69, 9.17) is 16.7 Å². The molecule has 0 atom stereocenters. The molecule has 2 aromatic carbocycles. The maximum atomic E-state index is 11.5. The Morgan fingerprint density at radius 3 is 2.24 bits per heavy atom. The number of carboxylic acid groups (broad SMARTS) is 2. The van der Waals surface area contributed by atoms with E-state index < -0.39 is 11.9 Å². The van der Waals surface area contributed by atoms with E-state index in [2.05, 4.69) is 0 Å². The first-order valence-electron chi connectivity index (χ1n) is 6.15. The number of rotatable bonds is 5. The van der Waals surface area contributed by atoms with Gasteiger partial charge in [0.05, 0.1) is 5.56 Å². The van der Waals surface area contributed by atoms with Gasteiger partial charge in [0.25, 0.3) is 0 Å². The number of carboxylic acids is 2. The minimum absolute atomic E-state index is 0.00112. The fourth-order valence-electron chi connectivity index (χ4n) is 1.98. The second-order valence-corrected chi connectivity index (χ2v) is 4.85. The molecule has 2 aromatic rings. The predicted octanol–water partition coefficient (Wildman–Crippen LogP) is 3.29. The molecular formula is C16H12ClO4.